The number of ether oxygens (including phenoxy) is 2. The number of H-pyrrole nitrogens is 2. The van der Waals surface area contributed by atoms with Crippen molar-refractivity contribution in [3.63, 3.8) is 0 Å². The van der Waals surface area contributed by atoms with Crippen LogP contribution in [0, 0.1) is 0 Å². The molecule has 2 aliphatic heterocycles. The molecule has 1 saturated heterocycles. The number of methoxy groups -OCH3 is 1. The highest BCUT2D eigenvalue weighted by molar-refractivity contribution is 5.98. The minimum atomic E-state index is -0.322. The van der Waals surface area contributed by atoms with Crippen molar-refractivity contribution in [2.45, 2.75) is 24.9 Å². The van der Waals surface area contributed by atoms with Crippen LogP contribution in [0.1, 0.15) is 34.6 Å². The van der Waals surface area contributed by atoms with Crippen LogP contribution in [0.3, 0.4) is 0 Å². The number of nitrogens with zero attached hydrogens (tertiary/aromatic N) is 1. The number of carbonyl (C=O) groups excluding carboxylic acids is 1. The highest BCUT2D eigenvalue weighted by atomic mass is 16.5. The topological polar surface area (TPSA) is 70.3 Å². The summed E-state index contributed by atoms with van der Waals surface area (Å²) in [6, 6.07) is 16.2. The van der Waals surface area contributed by atoms with E-state index in [1.807, 2.05) is 29.2 Å². The lowest BCUT2D eigenvalue weighted by Crippen LogP contribution is -2.48. The van der Waals surface area contributed by atoms with Crippen molar-refractivity contribution < 1.29 is 14.3 Å². The fourth-order valence-electron chi connectivity index (χ4n) is 5.26. The van der Waals surface area contributed by atoms with E-state index in [0.717, 1.165) is 42.5 Å². The Kier molecular flexibility index (Phi) is 4.11. The molecule has 0 atom stereocenters. The summed E-state index contributed by atoms with van der Waals surface area (Å²) in [5.74, 6) is 0.826. The Hall–Kier alpha value is -3.25. The summed E-state index contributed by atoms with van der Waals surface area (Å²) >= 11 is 0. The molecule has 0 saturated carbocycles. The summed E-state index contributed by atoms with van der Waals surface area (Å²) in [5, 5.41) is 2.28. The number of piperidine rings is 1. The number of hydrogen-bond donors (Lipinski definition) is 2. The first-order valence-electron chi connectivity index (χ1n) is 10.9. The molecule has 2 aliphatic rings. The van der Waals surface area contributed by atoms with E-state index in [1.165, 1.54) is 22.2 Å². The van der Waals surface area contributed by atoms with Gasteiger partial charge in [-0.1, -0.05) is 18.2 Å². The predicted molar refractivity (Wildman–Crippen MR) is 120 cm³/mol. The highest BCUT2D eigenvalue weighted by Gasteiger charge is 2.43. The average Bonchev–Trinajstić information content (AvgIpc) is 3.41. The van der Waals surface area contributed by atoms with Gasteiger partial charge in [0.1, 0.15) is 17.0 Å². The van der Waals surface area contributed by atoms with Gasteiger partial charge in [0.2, 0.25) is 0 Å². The zero-order valence-corrected chi connectivity index (χ0v) is 17.5. The predicted octanol–water partition coefficient (Wildman–Crippen LogP) is 4.36. The molecule has 4 heterocycles. The second-order valence-corrected chi connectivity index (χ2v) is 8.55. The molecule has 158 valence electrons. The number of rotatable bonds is 2. The molecule has 31 heavy (non-hydrogen) atoms. The fraction of sp³-hybridized carbons (Fsp3) is 0.320. The molecule has 0 bridgehead atoms. The number of aromatic nitrogens is 2. The molecule has 2 aromatic heterocycles. The van der Waals surface area contributed by atoms with Crippen molar-refractivity contribution in [3.05, 3.63) is 65.5 Å². The SMILES string of the molecule is COc1ccc2[nH]c(C(=O)N3CCC4(CC3)OCCc3c4[nH]c4ccccc34)cc2c1. The van der Waals surface area contributed by atoms with Crippen molar-refractivity contribution >= 4 is 27.7 Å². The minimum absolute atomic E-state index is 0.0395. The molecule has 1 amide bonds. The summed E-state index contributed by atoms with van der Waals surface area (Å²) in [5.41, 5.74) is 5.00. The van der Waals surface area contributed by atoms with E-state index >= 15 is 0 Å². The van der Waals surface area contributed by atoms with Gasteiger partial charge in [-0.05, 0) is 55.2 Å². The van der Waals surface area contributed by atoms with Crippen molar-refractivity contribution in [2.24, 2.45) is 0 Å². The second-order valence-electron chi connectivity index (χ2n) is 8.55. The van der Waals surface area contributed by atoms with Crippen LogP contribution in [0.5, 0.6) is 5.75 Å². The Labute approximate surface area is 180 Å². The summed E-state index contributed by atoms with van der Waals surface area (Å²) in [6.45, 7) is 2.07. The first kappa shape index (κ1) is 18.5. The lowest BCUT2D eigenvalue weighted by atomic mass is 9.83. The smallest absolute Gasteiger partial charge is 0.270 e. The van der Waals surface area contributed by atoms with Crippen molar-refractivity contribution in [3.8, 4) is 5.75 Å². The quantitative estimate of drug-likeness (QED) is 0.511. The van der Waals surface area contributed by atoms with Crippen LogP contribution < -0.4 is 4.74 Å². The van der Waals surface area contributed by atoms with Gasteiger partial charge in [0.05, 0.1) is 19.4 Å². The van der Waals surface area contributed by atoms with E-state index in [4.69, 9.17) is 9.47 Å². The van der Waals surface area contributed by atoms with Crippen LogP contribution in [-0.2, 0) is 16.8 Å². The van der Waals surface area contributed by atoms with E-state index in [0.29, 0.717) is 18.8 Å². The van der Waals surface area contributed by atoms with Crippen LogP contribution in [0.2, 0.25) is 0 Å². The number of hydrogen-bond acceptors (Lipinski definition) is 3. The maximum Gasteiger partial charge on any atom is 0.270 e. The van der Waals surface area contributed by atoms with Crippen molar-refractivity contribution in [1.82, 2.24) is 14.9 Å². The third-order valence-electron chi connectivity index (χ3n) is 6.92. The van der Waals surface area contributed by atoms with Crippen LogP contribution >= 0.6 is 0 Å². The first-order chi connectivity index (χ1) is 15.2. The van der Waals surface area contributed by atoms with Crippen LogP contribution in [0.15, 0.2) is 48.5 Å². The number of fused-ring (bicyclic) bond motifs is 5. The zero-order valence-electron chi connectivity index (χ0n) is 17.5. The molecule has 6 nitrogen and oxygen atoms in total. The Morgan fingerprint density at radius 2 is 1.90 bits per heavy atom. The van der Waals surface area contributed by atoms with Gasteiger partial charge in [-0.2, -0.15) is 0 Å². The second kappa shape index (κ2) is 6.89. The third kappa shape index (κ3) is 2.86. The van der Waals surface area contributed by atoms with E-state index in [2.05, 4.69) is 34.2 Å². The van der Waals surface area contributed by atoms with E-state index in [1.54, 1.807) is 7.11 Å². The number of aromatic amines is 2. The van der Waals surface area contributed by atoms with Crippen molar-refractivity contribution in [1.29, 1.82) is 0 Å². The van der Waals surface area contributed by atoms with Gasteiger partial charge in [-0.15, -0.1) is 0 Å². The van der Waals surface area contributed by atoms with Gasteiger partial charge in [0, 0.05) is 34.9 Å². The van der Waals surface area contributed by atoms with Crippen molar-refractivity contribution in [2.75, 3.05) is 26.8 Å². The monoisotopic (exact) mass is 415 g/mol. The number of carbonyl (C=O) groups is 1. The molecule has 1 spiro atoms. The molecule has 2 N–H and O–H groups in total. The van der Waals surface area contributed by atoms with Crippen LogP contribution in [-0.4, -0.2) is 47.6 Å². The molecule has 6 heteroatoms. The summed E-state index contributed by atoms with van der Waals surface area (Å²) in [4.78, 5) is 22.0. The lowest BCUT2D eigenvalue weighted by Gasteiger charge is -2.43. The molecule has 0 radical (unpaired) electrons. The van der Waals surface area contributed by atoms with E-state index < -0.39 is 0 Å². The van der Waals surface area contributed by atoms with Crippen LogP contribution in [0.4, 0.5) is 0 Å². The molecule has 0 aliphatic carbocycles. The average molecular weight is 415 g/mol. The third-order valence-corrected chi connectivity index (χ3v) is 6.92. The number of para-hydroxylation sites is 1. The van der Waals surface area contributed by atoms with E-state index in [9.17, 15) is 4.79 Å². The summed E-state index contributed by atoms with van der Waals surface area (Å²) in [7, 11) is 1.65. The Bertz CT molecular complexity index is 1290. The minimum Gasteiger partial charge on any atom is -0.497 e. The van der Waals surface area contributed by atoms with Gasteiger partial charge >= 0.3 is 0 Å². The largest absolute Gasteiger partial charge is 0.497 e. The molecular weight excluding hydrogens is 390 g/mol. The van der Waals surface area contributed by atoms with Crippen LogP contribution in [0.25, 0.3) is 21.8 Å². The molecule has 1 fully saturated rings. The van der Waals surface area contributed by atoms with Gasteiger partial charge in [0.15, 0.2) is 0 Å². The molecule has 0 unspecified atom stereocenters. The summed E-state index contributed by atoms with van der Waals surface area (Å²) < 4.78 is 11.7. The van der Waals surface area contributed by atoms with Gasteiger partial charge < -0.3 is 24.3 Å². The lowest BCUT2D eigenvalue weighted by molar-refractivity contribution is -0.0957. The number of nitrogens with one attached hydrogen (secondary N) is 2. The van der Waals surface area contributed by atoms with E-state index in [-0.39, 0.29) is 11.5 Å². The van der Waals surface area contributed by atoms with Gasteiger partial charge in [-0.25, -0.2) is 0 Å². The Morgan fingerprint density at radius 3 is 2.74 bits per heavy atom. The Morgan fingerprint density at radius 1 is 1.06 bits per heavy atom. The molecule has 4 aromatic rings. The fourth-order valence-corrected chi connectivity index (χ4v) is 5.26. The van der Waals surface area contributed by atoms with Gasteiger partial charge in [0.25, 0.3) is 5.91 Å². The number of amides is 1. The molecule has 2 aromatic carbocycles. The number of benzene rings is 2. The molecule has 6 rings (SSSR count). The Balaban J connectivity index is 1.25. The zero-order chi connectivity index (χ0) is 21.0. The first-order valence-corrected chi connectivity index (χ1v) is 10.9. The maximum absolute atomic E-state index is 13.2. The highest BCUT2D eigenvalue weighted by Crippen LogP contribution is 2.43. The summed E-state index contributed by atoms with van der Waals surface area (Å²) in [6.07, 6.45) is 2.53. The number of likely N-dealkylation sites (tertiary alicyclic amines) is 1. The van der Waals surface area contributed by atoms with Gasteiger partial charge in [-0.3, -0.25) is 4.79 Å². The maximum atomic E-state index is 13.2. The molecular formula is C25H25N3O3. The normalized spacial score (nSPS) is 17.9. The standard InChI is InChI=1S/C25H25N3O3/c1-30-17-6-7-20-16(14-17)15-22(26-20)24(29)28-11-9-25(10-12-28)23-19(8-13-31-25)18-4-2-3-5-21(18)27-23/h2-7,14-15,26-27H,8-13H2,1H3.